The number of benzene rings is 12. The maximum Gasteiger partial charge on any atom is -0.000763 e. The predicted octanol–water partition coefficient (Wildman–Crippen LogP) is 15.3. The molecular formula is C54H30. The van der Waals surface area contributed by atoms with Crippen LogP contribution in [0, 0.1) is 0 Å². The third-order valence-corrected chi connectivity index (χ3v) is 12.5. The first-order valence-electron chi connectivity index (χ1n) is 18.9. The molecule has 0 aromatic heterocycles. The molecule has 0 heterocycles. The van der Waals surface area contributed by atoms with Crippen molar-refractivity contribution in [1.82, 2.24) is 0 Å². The summed E-state index contributed by atoms with van der Waals surface area (Å²) >= 11 is 0. The molecule has 0 aliphatic heterocycles. The molecular weight excluding hydrogens is 649 g/mol. The van der Waals surface area contributed by atoms with Crippen LogP contribution in [0.1, 0.15) is 0 Å². The second-order valence-electron chi connectivity index (χ2n) is 15.0. The largest absolute Gasteiger partial charge is 0.0622 e. The van der Waals surface area contributed by atoms with Gasteiger partial charge in [0, 0.05) is 0 Å². The van der Waals surface area contributed by atoms with Crippen LogP contribution >= 0.6 is 0 Å². The molecule has 246 valence electrons. The molecule has 0 N–H and O–H groups in total. The van der Waals surface area contributed by atoms with E-state index in [0.717, 1.165) is 0 Å². The van der Waals surface area contributed by atoms with E-state index >= 15 is 0 Å². The summed E-state index contributed by atoms with van der Waals surface area (Å²) < 4.78 is 0. The van der Waals surface area contributed by atoms with Gasteiger partial charge in [-0.15, -0.1) is 0 Å². The molecule has 0 saturated heterocycles. The average molecular weight is 679 g/mol. The molecule has 0 atom stereocenters. The van der Waals surface area contributed by atoms with Crippen molar-refractivity contribution >= 4 is 86.2 Å². The summed E-state index contributed by atoms with van der Waals surface area (Å²) in [5.74, 6) is 0. The number of fused-ring (bicyclic) bond motifs is 12. The lowest BCUT2D eigenvalue weighted by Crippen LogP contribution is -1.94. The van der Waals surface area contributed by atoms with Gasteiger partial charge >= 0.3 is 0 Å². The Hall–Kier alpha value is -7.02. The summed E-state index contributed by atoms with van der Waals surface area (Å²) in [6.07, 6.45) is 0. The summed E-state index contributed by atoms with van der Waals surface area (Å²) in [6, 6.07) is 68.5. The lowest BCUT2D eigenvalue weighted by Gasteiger charge is -2.22. The monoisotopic (exact) mass is 678 g/mol. The fraction of sp³-hybridized carbons (Fsp3) is 0. The topological polar surface area (TPSA) is 0 Å². The van der Waals surface area contributed by atoms with Crippen molar-refractivity contribution in [2.24, 2.45) is 0 Å². The zero-order valence-electron chi connectivity index (χ0n) is 29.3. The van der Waals surface area contributed by atoms with Crippen molar-refractivity contribution in [3.63, 3.8) is 0 Å². The van der Waals surface area contributed by atoms with Gasteiger partial charge in [0.1, 0.15) is 0 Å². The van der Waals surface area contributed by atoms with Gasteiger partial charge in [-0.05, 0) is 143 Å². The zero-order chi connectivity index (χ0) is 35.1. The molecule has 0 nitrogen and oxygen atoms in total. The Balaban J connectivity index is 1.27. The Morgan fingerprint density at radius 1 is 0.204 bits per heavy atom. The SMILES string of the molecule is c1ccc(-c2c3cc4c(cc3c(-c3ccccc3)c3c5ccccc5c5ccccc5c23)-c2ccc3c5cccc6cccc(c7ccc-4c2c73)c65)cc1. The number of hydrogen-bond donors (Lipinski definition) is 0. The Labute approximate surface area is 311 Å². The molecule has 0 saturated carbocycles. The van der Waals surface area contributed by atoms with Crippen LogP contribution in [0.4, 0.5) is 0 Å². The number of hydrogen-bond acceptors (Lipinski definition) is 0. The molecule has 0 heteroatoms. The molecule has 0 unspecified atom stereocenters. The van der Waals surface area contributed by atoms with E-state index < -0.39 is 0 Å². The van der Waals surface area contributed by atoms with Gasteiger partial charge in [0.15, 0.2) is 0 Å². The summed E-state index contributed by atoms with van der Waals surface area (Å²) in [7, 11) is 0. The first-order chi connectivity index (χ1) is 26.8. The van der Waals surface area contributed by atoms with Crippen LogP contribution in [-0.2, 0) is 0 Å². The van der Waals surface area contributed by atoms with Gasteiger partial charge in [-0.2, -0.15) is 0 Å². The number of rotatable bonds is 2. The molecule has 1 aliphatic carbocycles. The van der Waals surface area contributed by atoms with Gasteiger partial charge in [0.25, 0.3) is 0 Å². The van der Waals surface area contributed by atoms with E-state index in [1.165, 1.54) is 131 Å². The van der Waals surface area contributed by atoms with E-state index in [9.17, 15) is 0 Å². The highest BCUT2D eigenvalue weighted by Crippen LogP contribution is 2.56. The average Bonchev–Trinajstić information content (AvgIpc) is 3.56. The van der Waals surface area contributed by atoms with E-state index in [-0.39, 0.29) is 0 Å². The van der Waals surface area contributed by atoms with Crippen LogP contribution in [0.2, 0.25) is 0 Å². The zero-order valence-corrected chi connectivity index (χ0v) is 29.3. The van der Waals surface area contributed by atoms with E-state index in [4.69, 9.17) is 0 Å². The highest BCUT2D eigenvalue weighted by atomic mass is 14.3. The smallest absolute Gasteiger partial charge is 0.000763 e. The first kappa shape index (κ1) is 28.6. The normalized spacial score (nSPS) is 12.4. The summed E-state index contributed by atoms with van der Waals surface area (Å²) in [5, 5.41) is 21.2. The standard InChI is InChI=1S/C54H30/c1-3-13-32(14-4-1)49-46-29-44-42-27-25-40-38-23-11-17-31-18-12-24-39(48(31)38)41-26-28-43(52(42)51(40)41)45(44)30-47(46)50(33-15-5-2-6-16-33)54-37-22-10-8-20-35(37)34-19-7-9-21-36(34)53(49)54/h1-30H. The molecule has 13 rings (SSSR count). The fourth-order valence-electron chi connectivity index (χ4n) is 10.4. The van der Waals surface area contributed by atoms with Gasteiger partial charge in [-0.3, -0.25) is 0 Å². The molecule has 0 spiro atoms. The van der Waals surface area contributed by atoms with Gasteiger partial charge in [-0.1, -0.05) is 170 Å². The third-order valence-electron chi connectivity index (χ3n) is 12.5. The Morgan fingerprint density at radius 3 is 1.07 bits per heavy atom. The van der Waals surface area contributed by atoms with Crippen molar-refractivity contribution in [3.8, 4) is 44.5 Å². The lowest BCUT2D eigenvalue weighted by molar-refractivity contribution is 1.66. The third kappa shape index (κ3) is 3.53. The minimum atomic E-state index is 1.24. The van der Waals surface area contributed by atoms with Crippen LogP contribution in [0.3, 0.4) is 0 Å². The van der Waals surface area contributed by atoms with Crippen molar-refractivity contribution in [1.29, 1.82) is 0 Å². The predicted molar refractivity (Wildman–Crippen MR) is 233 cm³/mol. The molecule has 12 aromatic carbocycles. The van der Waals surface area contributed by atoms with E-state index in [1.54, 1.807) is 0 Å². The molecule has 54 heavy (non-hydrogen) atoms. The molecule has 0 bridgehead atoms. The maximum absolute atomic E-state index is 2.54. The van der Waals surface area contributed by atoms with Crippen molar-refractivity contribution in [2.45, 2.75) is 0 Å². The maximum atomic E-state index is 2.54. The van der Waals surface area contributed by atoms with Crippen LogP contribution in [-0.4, -0.2) is 0 Å². The Kier molecular flexibility index (Phi) is 5.45. The van der Waals surface area contributed by atoms with Gasteiger partial charge in [0.2, 0.25) is 0 Å². The molecule has 1 aliphatic rings. The molecule has 12 aromatic rings. The Morgan fingerprint density at radius 2 is 0.593 bits per heavy atom. The second kappa shape index (κ2) is 10.3. The van der Waals surface area contributed by atoms with Crippen molar-refractivity contribution < 1.29 is 0 Å². The van der Waals surface area contributed by atoms with Gasteiger partial charge < -0.3 is 0 Å². The minimum absolute atomic E-state index is 1.24. The summed E-state index contributed by atoms with van der Waals surface area (Å²) in [4.78, 5) is 0. The quantitative estimate of drug-likeness (QED) is 0.126. The Bertz CT molecular complexity index is 3340. The first-order valence-corrected chi connectivity index (χ1v) is 18.9. The molecule has 0 amide bonds. The van der Waals surface area contributed by atoms with Crippen LogP contribution in [0.5, 0.6) is 0 Å². The summed E-state index contributed by atoms with van der Waals surface area (Å²) in [6.45, 7) is 0. The van der Waals surface area contributed by atoms with Crippen LogP contribution < -0.4 is 0 Å². The van der Waals surface area contributed by atoms with Crippen molar-refractivity contribution in [2.75, 3.05) is 0 Å². The summed E-state index contributed by atoms with van der Waals surface area (Å²) in [5.41, 5.74) is 10.4. The van der Waals surface area contributed by atoms with Crippen LogP contribution in [0.25, 0.3) is 131 Å². The second-order valence-corrected chi connectivity index (χ2v) is 15.0. The van der Waals surface area contributed by atoms with Crippen molar-refractivity contribution in [3.05, 3.63) is 182 Å². The molecule has 0 fully saturated rings. The van der Waals surface area contributed by atoms with Gasteiger partial charge in [0.05, 0.1) is 0 Å². The highest BCUT2D eigenvalue weighted by molar-refractivity contribution is 6.40. The minimum Gasteiger partial charge on any atom is -0.0622 e. The fourth-order valence-corrected chi connectivity index (χ4v) is 10.4. The van der Waals surface area contributed by atoms with Gasteiger partial charge in [-0.25, -0.2) is 0 Å². The van der Waals surface area contributed by atoms with E-state index in [0.29, 0.717) is 0 Å². The van der Waals surface area contributed by atoms with E-state index in [1.807, 2.05) is 0 Å². The lowest BCUT2D eigenvalue weighted by atomic mass is 9.80. The van der Waals surface area contributed by atoms with E-state index in [2.05, 4.69) is 182 Å². The highest BCUT2D eigenvalue weighted by Gasteiger charge is 2.28. The van der Waals surface area contributed by atoms with Crippen LogP contribution in [0.15, 0.2) is 182 Å². The molecule has 0 radical (unpaired) electrons.